The molecule has 25 heavy (non-hydrogen) atoms. The minimum absolute atomic E-state index is 0.220. The van der Waals surface area contributed by atoms with Crippen molar-refractivity contribution in [2.75, 3.05) is 20.6 Å². The molecule has 0 amide bonds. The standard InChI is InChI=1S/C20H17ClFN3/c1-25(2)7-6-13-4-3-5-14(8-13)19-16(12-23)9-15-10-17(21)11-18(22)20(15)24-19/h3-5,8-11H,6-7H2,1-2H3. The van der Waals surface area contributed by atoms with Crippen molar-refractivity contribution in [1.29, 1.82) is 5.26 Å². The molecule has 0 spiro atoms. The molecular formula is C20H17ClFN3. The summed E-state index contributed by atoms with van der Waals surface area (Å²) in [5.74, 6) is -0.489. The largest absolute Gasteiger partial charge is 0.309 e. The maximum atomic E-state index is 14.2. The van der Waals surface area contributed by atoms with Crippen molar-refractivity contribution in [3.8, 4) is 17.3 Å². The van der Waals surface area contributed by atoms with E-state index in [4.69, 9.17) is 11.6 Å². The maximum absolute atomic E-state index is 14.2. The number of nitrogens with zero attached hydrogens (tertiary/aromatic N) is 3. The third-order valence-corrected chi connectivity index (χ3v) is 4.22. The first-order valence-electron chi connectivity index (χ1n) is 7.92. The van der Waals surface area contributed by atoms with Gasteiger partial charge < -0.3 is 4.90 Å². The number of halogens is 2. The molecule has 2 aromatic carbocycles. The molecule has 0 saturated carbocycles. The smallest absolute Gasteiger partial charge is 0.150 e. The SMILES string of the molecule is CN(C)CCc1cccc(-c2nc3c(F)cc(Cl)cc3cc2C#N)c1. The number of hydrogen-bond acceptors (Lipinski definition) is 3. The molecule has 0 aliphatic rings. The molecule has 0 atom stereocenters. The number of nitriles is 1. The fourth-order valence-corrected chi connectivity index (χ4v) is 2.96. The Kier molecular flexibility index (Phi) is 4.98. The lowest BCUT2D eigenvalue weighted by Crippen LogP contribution is -2.15. The molecule has 0 N–H and O–H groups in total. The fraction of sp³-hybridized carbons (Fsp3) is 0.200. The van der Waals surface area contributed by atoms with E-state index in [1.165, 1.54) is 6.07 Å². The maximum Gasteiger partial charge on any atom is 0.150 e. The van der Waals surface area contributed by atoms with Crippen LogP contribution in [0.3, 0.4) is 0 Å². The third kappa shape index (κ3) is 3.79. The van der Waals surface area contributed by atoms with Gasteiger partial charge in [0.1, 0.15) is 11.6 Å². The van der Waals surface area contributed by atoms with Crippen molar-refractivity contribution in [3.63, 3.8) is 0 Å². The first kappa shape index (κ1) is 17.3. The van der Waals surface area contributed by atoms with Gasteiger partial charge in [0.15, 0.2) is 5.82 Å². The van der Waals surface area contributed by atoms with E-state index in [9.17, 15) is 9.65 Å². The number of likely N-dealkylation sites (N-methyl/N-ethyl adjacent to an activating group) is 1. The highest BCUT2D eigenvalue weighted by atomic mass is 35.5. The van der Waals surface area contributed by atoms with Gasteiger partial charge in [0, 0.05) is 22.5 Å². The van der Waals surface area contributed by atoms with Crippen LogP contribution in [0.25, 0.3) is 22.2 Å². The van der Waals surface area contributed by atoms with E-state index < -0.39 is 5.82 Å². The Morgan fingerprint density at radius 1 is 1.20 bits per heavy atom. The predicted octanol–water partition coefficient (Wildman–Crippen LogP) is 4.67. The lowest BCUT2D eigenvalue weighted by Gasteiger charge is -2.11. The monoisotopic (exact) mass is 353 g/mol. The fourth-order valence-electron chi connectivity index (χ4n) is 2.74. The molecule has 0 fully saturated rings. The summed E-state index contributed by atoms with van der Waals surface area (Å²) in [7, 11) is 4.05. The van der Waals surface area contributed by atoms with Gasteiger partial charge in [-0.05, 0) is 50.3 Å². The van der Waals surface area contributed by atoms with Crippen molar-refractivity contribution in [1.82, 2.24) is 9.88 Å². The second-order valence-electron chi connectivity index (χ2n) is 6.21. The molecule has 3 rings (SSSR count). The van der Waals surface area contributed by atoms with Crippen LogP contribution in [0.1, 0.15) is 11.1 Å². The normalized spacial score (nSPS) is 11.0. The highest BCUT2D eigenvalue weighted by molar-refractivity contribution is 6.31. The summed E-state index contributed by atoms with van der Waals surface area (Å²) >= 11 is 5.90. The Hall–Kier alpha value is -2.48. The zero-order valence-electron chi connectivity index (χ0n) is 14.1. The lowest BCUT2D eigenvalue weighted by atomic mass is 10.0. The molecule has 0 unspecified atom stereocenters. The molecule has 5 heteroatoms. The van der Waals surface area contributed by atoms with Crippen LogP contribution in [0.15, 0.2) is 42.5 Å². The van der Waals surface area contributed by atoms with E-state index in [0.717, 1.165) is 24.1 Å². The van der Waals surface area contributed by atoms with Gasteiger partial charge >= 0.3 is 0 Å². The Balaban J connectivity index is 2.12. The molecule has 0 saturated heterocycles. The average molecular weight is 354 g/mol. The summed E-state index contributed by atoms with van der Waals surface area (Å²) in [4.78, 5) is 6.54. The van der Waals surface area contributed by atoms with Gasteiger partial charge in [-0.15, -0.1) is 0 Å². The highest BCUT2D eigenvalue weighted by Crippen LogP contribution is 2.29. The van der Waals surface area contributed by atoms with Gasteiger partial charge in [0.2, 0.25) is 0 Å². The zero-order valence-corrected chi connectivity index (χ0v) is 14.8. The third-order valence-electron chi connectivity index (χ3n) is 4.00. The molecular weight excluding hydrogens is 337 g/mol. The minimum Gasteiger partial charge on any atom is -0.309 e. The first-order valence-corrected chi connectivity index (χ1v) is 8.29. The summed E-state index contributed by atoms with van der Waals surface area (Å²) < 4.78 is 14.2. The quantitative estimate of drug-likeness (QED) is 0.684. The van der Waals surface area contributed by atoms with Gasteiger partial charge in [-0.1, -0.05) is 29.8 Å². The van der Waals surface area contributed by atoms with Crippen LogP contribution in [0, 0.1) is 17.1 Å². The molecule has 3 aromatic rings. The highest BCUT2D eigenvalue weighted by Gasteiger charge is 2.13. The first-order chi connectivity index (χ1) is 12.0. The molecule has 0 aliphatic heterocycles. The van der Waals surface area contributed by atoms with E-state index in [-0.39, 0.29) is 10.5 Å². The Bertz CT molecular complexity index is 977. The van der Waals surface area contributed by atoms with Crippen LogP contribution in [-0.4, -0.2) is 30.5 Å². The molecule has 0 radical (unpaired) electrons. The summed E-state index contributed by atoms with van der Waals surface area (Å²) in [6.07, 6.45) is 0.889. The van der Waals surface area contributed by atoms with Crippen molar-refractivity contribution < 1.29 is 4.39 Å². The average Bonchev–Trinajstić information content (AvgIpc) is 2.59. The van der Waals surface area contributed by atoms with E-state index >= 15 is 0 Å². The number of fused-ring (bicyclic) bond motifs is 1. The molecule has 126 valence electrons. The minimum atomic E-state index is -0.489. The topological polar surface area (TPSA) is 39.9 Å². The van der Waals surface area contributed by atoms with E-state index in [1.54, 1.807) is 12.1 Å². The molecule has 3 nitrogen and oxygen atoms in total. The van der Waals surface area contributed by atoms with Crippen LogP contribution in [0.5, 0.6) is 0 Å². The molecule has 0 bridgehead atoms. The lowest BCUT2D eigenvalue weighted by molar-refractivity contribution is 0.413. The Labute approximate surface area is 151 Å². The van der Waals surface area contributed by atoms with Crippen molar-refractivity contribution in [2.45, 2.75) is 6.42 Å². The van der Waals surface area contributed by atoms with Crippen LogP contribution in [0.4, 0.5) is 4.39 Å². The van der Waals surface area contributed by atoms with Crippen LogP contribution in [-0.2, 0) is 6.42 Å². The zero-order chi connectivity index (χ0) is 18.0. The molecule has 1 aromatic heterocycles. The van der Waals surface area contributed by atoms with Crippen LogP contribution < -0.4 is 0 Å². The Morgan fingerprint density at radius 2 is 2.00 bits per heavy atom. The summed E-state index contributed by atoms with van der Waals surface area (Å²) in [5.41, 5.74) is 3.07. The summed E-state index contributed by atoms with van der Waals surface area (Å²) in [6.45, 7) is 0.923. The molecule has 1 heterocycles. The van der Waals surface area contributed by atoms with E-state index in [1.807, 2.05) is 38.4 Å². The van der Waals surface area contributed by atoms with Gasteiger partial charge in [-0.2, -0.15) is 5.26 Å². The summed E-state index contributed by atoms with van der Waals surface area (Å²) in [5, 5.41) is 10.3. The number of rotatable bonds is 4. The van der Waals surface area contributed by atoms with E-state index in [2.05, 4.69) is 16.0 Å². The second kappa shape index (κ2) is 7.18. The Morgan fingerprint density at radius 3 is 2.72 bits per heavy atom. The molecule has 0 aliphatic carbocycles. The van der Waals surface area contributed by atoms with Gasteiger partial charge in [-0.3, -0.25) is 0 Å². The van der Waals surface area contributed by atoms with Crippen molar-refractivity contribution >= 4 is 22.5 Å². The van der Waals surface area contributed by atoms with Gasteiger partial charge in [0.25, 0.3) is 0 Å². The second-order valence-corrected chi connectivity index (χ2v) is 6.65. The summed E-state index contributed by atoms with van der Waals surface area (Å²) in [6, 6.07) is 14.5. The number of pyridine rings is 1. The van der Waals surface area contributed by atoms with Gasteiger partial charge in [0.05, 0.1) is 11.3 Å². The van der Waals surface area contributed by atoms with E-state index in [0.29, 0.717) is 16.6 Å². The van der Waals surface area contributed by atoms with Crippen molar-refractivity contribution in [3.05, 3.63) is 64.4 Å². The van der Waals surface area contributed by atoms with Gasteiger partial charge in [-0.25, -0.2) is 9.37 Å². The number of benzene rings is 2. The van der Waals surface area contributed by atoms with Crippen LogP contribution >= 0.6 is 11.6 Å². The number of hydrogen-bond donors (Lipinski definition) is 0. The van der Waals surface area contributed by atoms with Crippen molar-refractivity contribution in [2.24, 2.45) is 0 Å². The van der Waals surface area contributed by atoms with Crippen LogP contribution in [0.2, 0.25) is 5.02 Å². The number of aromatic nitrogens is 1. The predicted molar refractivity (Wildman–Crippen MR) is 99.1 cm³/mol.